The van der Waals surface area contributed by atoms with Gasteiger partial charge in [0.25, 0.3) is 5.91 Å². The third-order valence-electron chi connectivity index (χ3n) is 3.90. The number of aliphatic imine (C=N–C) groups is 1. The highest BCUT2D eigenvalue weighted by Gasteiger charge is 2.16. The summed E-state index contributed by atoms with van der Waals surface area (Å²) in [4.78, 5) is 50.5. The number of rotatable bonds is 10. The number of carbonyl (C=O) groups excluding carboxylic acids is 3. The maximum absolute atomic E-state index is 12.6. The van der Waals surface area contributed by atoms with E-state index >= 15 is 0 Å². The lowest BCUT2D eigenvalue weighted by Gasteiger charge is -2.20. The predicted molar refractivity (Wildman–Crippen MR) is 125 cm³/mol. The molecule has 0 aliphatic heterocycles. The molecule has 2 N–H and O–H groups in total. The number of carboxylic acid groups (broad SMARTS) is 1. The maximum Gasteiger partial charge on any atom is 0.330 e. The zero-order chi connectivity index (χ0) is 24.2. The Kier molecular flexibility index (Phi) is 10.7. The predicted octanol–water partition coefficient (Wildman–Crippen LogP) is 4.39. The van der Waals surface area contributed by atoms with E-state index in [2.05, 4.69) is 10.3 Å². The van der Waals surface area contributed by atoms with E-state index in [1.807, 2.05) is 0 Å². The van der Waals surface area contributed by atoms with Crippen LogP contribution in [0.4, 0.5) is 4.79 Å². The Labute approximate surface area is 203 Å². The van der Waals surface area contributed by atoms with Crippen LogP contribution in [0, 0.1) is 0 Å². The number of urea groups is 1. The highest BCUT2D eigenvalue weighted by Crippen LogP contribution is 2.17. The number of nitrogens with zero attached hydrogens (tertiary/aromatic N) is 2. The van der Waals surface area contributed by atoms with Crippen molar-refractivity contribution >= 4 is 64.6 Å². The van der Waals surface area contributed by atoms with Crippen LogP contribution in [0.2, 0.25) is 10.0 Å². The second kappa shape index (κ2) is 13.5. The Morgan fingerprint density at radius 2 is 1.61 bits per heavy atom. The smallest absolute Gasteiger partial charge is 0.330 e. The number of benzene rings is 2. The van der Waals surface area contributed by atoms with Crippen LogP contribution in [0.25, 0.3) is 0 Å². The molecule has 3 amide bonds. The fraction of sp³-hybridized carbons (Fsp3) is 0.190. The standard InChI is InChI=1S/C21H19Cl2N3O6S/c22-16-5-1-14(2-6-16)11-26(21(31)24-12-32-19(29)10-9-18(27)28)33-13-25-20(30)15-3-7-17(23)8-4-15/h1-8,13H,9-12H2,(H,24,31)(H,27,28)/b25-13+. The minimum atomic E-state index is -1.13. The van der Waals surface area contributed by atoms with Crippen LogP contribution in [-0.4, -0.2) is 45.6 Å². The van der Waals surface area contributed by atoms with E-state index in [0.29, 0.717) is 15.6 Å². The van der Waals surface area contributed by atoms with Crippen molar-refractivity contribution in [2.75, 3.05) is 6.73 Å². The normalized spacial score (nSPS) is 10.6. The third kappa shape index (κ3) is 9.94. The first-order chi connectivity index (χ1) is 15.7. The van der Waals surface area contributed by atoms with E-state index in [9.17, 15) is 19.2 Å². The molecule has 0 spiro atoms. The Balaban J connectivity index is 1.98. The van der Waals surface area contributed by atoms with Crippen LogP contribution in [-0.2, 0) is 20.9 Å². The SMILES string of the molecule is O=C(O)CCC(=O)OCNC(=O)N(Cc1ccc(Cl)cc1)S/C=N/C(=O)c1ccc(Cl)cc1. The number of halogens is 2. The second-order valence-electron chi connectivity index (χ2n) is 6.35. The number of amides is 3. The van der Waals surface area contributed by atoms with Crippen LogP contribution < -0.4 is 5.32 Å². The molecule has 0 aliphatic carbocycles. The number of hydrogen-bond donors (Lipinski definition) is 2. The second-order valence-corrected chi connectivity index (χ2v) is 8.09. The van der Waals surface area contributed by atoms with Crippen LogP contribution >= 0.6 is 35.1 Å². The average molecular weight is 512 g/mol. The zero-order valence-electron chi connectivity index (χ0n) is 17.1. The van der Waals surface area contributed by atoms with E-state index in [0.717, 1.165) is 17.5 Å². The van der Waals surface area contributed by atoms with Gasteiger partial charge in [-0.1, -0.05) is 35.3 Å². The Bertz CT molecular complexity index is 1020. The van der Waals surface area contributed by atoms with E-state index in [4.69, 9.17) is 33.0 Å². The summed E-state index contributed by atoms with van der Waals surface area (Å²) in [5.41, 5.74) is 2.29. The minimum absolute atomic E-state index is 0.127. The van der Waals surface area contributed by atoms with Crippen LogP contribution in [0.15, 0.2) is 53.5 Å². The van der Waals surface area contributed by atoms with Crippen molar-refractivity contribution in [1.82, 2.24) is 9.62 Å². The van der Waals surface area contributed by atoms with Gasteiger partial charge in [-0.25, -0.2) is 9.79 Å². The molecule has 0 aliphatic rings. The number of carboxylic acids is 1. The van der Waals surface area contributed by atoms with Gasteiger partial charge in [-0.15, -0.1) is 0 Å². The molecule has 0 saturated heterocycles. The van der Waals surface area contributed by atoms with Crippen molar-refractivity contribution in [3.8, 4) is 0 Å². The summed E-state index contributed by atoms with van der Waals surface area (Å²) < 4.78 is 6.06. The summed E-state index contributed by atoms with van der Waals surface area (Å²) >= 11 is 12.6. The summed E-state index contributed by atoms with van der Waals surface area (Å²) in [7, 11) is 0. The van der Waals surface area contributed by atoms with Crippen LogP contribution in [0.3, 0.4) is 0 Å². The van der Waals surface area contributed by atoms with Gasteiger partial charge in [0.1, 0.15) is 0 Å². The number of ether oxygens (including phenoxy) is 1. The van der Waals surface area contributed by atoms with Gasteiger partial charge in [0.2, 0.25) is 0 Å². The molecule has 174 valence electrons. The number of aliphatic carboxylic acids is 1. The molecular formula is C21H19Cl2N3O6S. The summed E-state index contributed by atoms with van der Waals surface area (Å²) in [5, 5.41) is 12.0. The number of hydrogen-bond acceptors (Lipinski definition) is 6. The minimum Gasteiger partial charge on any atom is -0.481 e. The summed E-state index contributed by atoms with van der Waals surface area (Å²) in [6.07, 6.45) is -0.683. The number of nitrogens with one attached hydrogen (secondary N) is 1. The topological polar surface area (TPSA) is 125 Å². The molecule has 0 saturated carbocycles. The molecule has 12 heteroatoms. The lowest BCUT2D eigenvalue weighted by molar-refractivity contribution is -0.148. The van der Waals surface area contributed by atoms with E-state index < -0.39 is 30.6 Å². The van der Waals surface area contributed by atoms with E-state index in [1.54, 1.807) is 36.4 Å². The van der Waals surface area contributed by atoms with Crippen molar-refractivity contribution in [2.24, 2.45) is 4.99 Å². The van der Waals surface area contributed by atoms with Gasteiger partial charge in [-0.3, -0.25) is 18.7 Å². The van der Waals surface area contributed by atoms with Gasteiger partial charge >= 0.3 is 18.0 Å². The summed E-state index contributed by atoms with van der Waals surface area (Å²) in [5.74, 6) is -2.41. The molecular weight excluding hydrogens is 493 g/mol. The molecule has 2 rings (SSSR count). The third-order valence-corrected chi connectivity index (χ3v) is 5.15. The monoisotopic (exact) mass is 511 g/mol. The van der Waals surface area contributed by atoms with Crippen molar-refractivity contribution in [3.63, 3.8) is 0 Å². The summed E-state index contributed by atoms with van der Waals surface area (Å²) in [6.45, 7) is -0.322. The average Bonchev–Trinajstić information content (AvgIpc) is 2.78. The zero-order valence-corrected chi connectivity index (χ0v) is 19.4. The number of carbonyl (C=O) groups is 4. The lowest BCUT2D eigenvalue weighted by Crippen LogP contribution is -2.37. The lowest BCUT2D eigenvalue weighted by atomic mass is 10.2. The molecule has 0 bridgehead atoms. The Hall–Kier alpha value is -3.08. The first kappa shape index (κ1) is 26.2. The molecule has 2 aromatic carbocycles. The number of esters is 1. The van der Waals surface area contributed by atoms with Gasteiger partial charge in [-0.2, -0.15) is 0 Å². The van der Waals surface area contributed by atoms with Gasteiger partial charge in [0.05, 0.1) is 24.9 Å². The highest BCUT2D eigenvalue weighted by molar-refractivity contribution is 8.10. The van der Waals surface area contributed by atoms with Crippen LogP contribution in [0.1, 0.15) is 28.8 Å². The van der Waals surface area contributed by atoms with Gasteiger partial charge in [-0.05, 0) is 42.0 Å². The first-order valence-corrected chi connectivity index (χ1v) is 11.0. The van der Waals surface area contributed by atoms with Crippen molar-refractivity contribution in [2.45, 2.75) is 19.4 Å². The van der Waals surface area contributed by atoms with E-state index in [-0.39, 0.29) is 19.4 Å². The maximum atomic E-state index is 12.6. The highest BCUT2D eigenvalue weighted by atomic mass is 35.5. The molecule has 0 atom stereocenters. The van der Waals surface area contributed by atoms with Gasteiger partial charge in [0, 0.05) is 27.6 Å². The molecule has 0 unspecified atom stereocenters. The molecule has 9 nitrogen and oxygen atoms in total. The Morgan fingerprint density at radius 3 is 2.21 bits per heavy atom. The molecule has 33 heavy (non-hydrogen) atoms. The van der Waals surface area contributed by atoms with Crippen molar-refractivity contribution < 1.29 is 29.0 Å². The van der Waals surface area contributed by atoms with E-state index in [1.165, 1.54) is 22.0 Å². The largest absolute Gasteiger partial charge is 0.481 e. The van der Waals surface area contributed by atoms with Gasteiger partial charge in [0.15, 0.2) is 6.73 Å². The molecule has 0 fully saturated rings. The van der Waals surface area contributed by atoms with Crippen molar-refractivity contribution in [1.29, 1.82) is 0 Å². The summed E-state index contributed by atoms with van der Waals surface area (Å²) in [6, 6.07) is 12.4. The molecule has 0 heterocycles. The van der Waals surface area contributed by atoms with Crippen molar-refractivity contribution in [3.05, 3.63) is 69.7 Å². The fourth-order valence-electron chi connectivity index (χ4n) is 2.26. The van der Waals surface area contributed by atoms with Gasteiger partial charge < -0.3 is 15.2 Å². The molecule has 2 aromatic rings. The quantitative estimate of drug-likeness (QED) is 0.159. The van der Waals surface area contributed by atoms with Crippen LogP contribution in [0.5, 0.6) is 0 Å². The first-order valence-electron chi connectivity index (χ1n) is 9.41. The molecule has 0 radical (unpaired) electrons. The Morgan fingerprint density at radius 1 is 1.00 bits per heavy atom. The molecule has 0 aromatic heterocycles. The fourth-order valence-corrected chi connectivity index (χ4v) is 3.15.